The molecule has 0 saturated carbocycles. The van der Waals surface area contributed by atoms with Gasteiger partial charge in [-0.2, -0.15) is 4.31 Å². The van der Waals surface area contributed by atoms with Gasteiger partial charge in [0.1, 0.15) is 5.82 Å². The lowest BCUT2D eigenvalue weighted by Gasteiger charge is -2.32. The number of hydrogen-bond acceptors (Lipinski definition) is 5. The third kappa shape index (κ3) is 5.97. The van der Waals surface area contributed by atoms with E-state index in [0.29, 0.717) is 12.1 Å². The Bertz CT molecular complexity index is 1120. The predicted molar refractivity (Wildman–Crippen MR) is 122 cm³/mol. The number of rotatable bonds is 7. The number of carbonyl (C=O) groups excluding carboxylic acids is 2. The van der Waals surface area contributed by atoms with Gasteiger partial charge in [-0.25, -0.2) is 17.6 Å². The molecular weight excluding hydrogens is 447 g/mol. The third-order valence-corrected chi connectivity index (χ3v) is 7.87. The Balaban J connectivity index is 1.67. The van der Waals surface area contributed by atoms with E-state index < -0.39 is 28.5 Å². The summed E-state index contributed by atoms with van der Waals surface area (Å²) in [5.41, 5.74) is 1.40. The summed E-state index contributed by atoms with van der Waals surface area (Å²) in [5, 5.41) is 0. The number of piperidine rings is 1. The van der Waals surface area contributed by atoms with Crippen molar-refractivity contribution in [1.29, 1.82) is 0 Å². The van der Waals surface area contributed by atoms with Crippen LogP contribution in [0.3, 0.4) is 0 Å². The molecule has 0 bridgehead atoms. The highest BCUT2D eigenvalue weighted by Crippen LogP contribution is 2.26. The molecule has 1 aliphatic rings. The maximum Gasteiger partial charge on any atom is 0.338 e. The highest BCUT2D eigenvalue weighted by Gasteiger charge is 2.31. The zero-order valence-electron chi connectivity index (χ0n) is 19.1. The lowest BCUT2D eigenvalue weighted by Crippen LogP contribution is -2.42. The molecule has 1 heterocycles. The second-order valence-electron chi connectivity index (χ2n) is 8.39. The molecule has 0 N–H and O–H groups in total. The molecule has 33 heavy (non-hydrogen) atoms. The average molecular weight is 477 g/mol. The van der Waals surface area contributed by atoms with Gasteiger partial charge in [0.05, 0.1) is 10.5 Å². The van der Waals surface area contributed by atoms with Crippen LogP contribution in [0.15, 0.2) is 47.4 Å². The summed E-state index contributed by atoms with van der Waals surface area (Å²) in [6, 6.07) is 10.0. The average Bonchev–Trinajstić information content (AvgIpc) is 2.79. The van der Waals surface area contributed by atoms with Gasteiger partial charge in [0.25, 0.3) is 5.91 Å². The number of benzene rings is 2. The summed E-state index contributed by atoms with van der Waals surface area (Å²) in [7, 11) is -2.19. The van der Waals surface area contributed by atoms with E-state index in [1.54, 1.807) is 32.2 Å². The monoisotopic (exact) mass is 476 g/mol. The molecule has 1 amide bonds. The number of halogens is 1. The first-order valence-electron chi connectivity index (χ1n) is 10.9. The molecule has 1 fully saturated rings. The second kappa shape index (κ2) is 10.4. The summed E-state index contributed by atoms with van der Waals surface area (Å²) in [6.07, 6.45) is 2.59. The molecule has 0 aliphatic carbocycles. The molecule has 3 rings (SSSR count). The van der Waals surface area contributed by atoms with Gasteiger partial charge in [-0.15, -0.1) is 0 Å². The Morgan fingerprint density at radius 1 is 1.15 bits per heavy atom. The highest BCUT2D eigenvalue weighted by molar-refractivity contribution is 7.89. The molecule has 0 spiro atoms. The van der Waals surface area contributed by atoms with Crippen molar-refractivity contribution in [3.8, 4) is 0 Å². The van der Waals surface area contributed by atoms with Crippen LogP contribution in [0.2, 0.25) is 0 Å². The van der Waals surface area contributed by atoms with Crippen molar-refractivity contribution < 1.29 is 27.1 Å². The Morgan fingerprint density at radius 2 is 1.85 bits per heavy atom. The maximum atomic E-state index is 13.1. The minimum absolute atomic E-state index is 0.0357. The number of sulfonamides is 1. The fraction of sp³-hybridized carbons (Fsp3) is 0.417. The number of carbonyl (C=O) groups is 2. The normalized spacial score (nSPS) is 16.9. The minimum atomic E-state index is -3.74. The van der Waals surface area contributed by atoms with E-state index in [9.17, 15) is 22.4 Å². The molecule has 1 aliphatic heterocycles. The lowest BCUT2D eigenvalue weighted by molar-refractivity contribution is -0.133. The van der Waals surface area contributed by atoms with Crippen LogP contribution >= 0.6 is 0 Å². The number of likely N-dealkylation sites (N-methyl/N-ethyl adjacent to an activating group) is 1. The van der Waals surface area contributed by atoms with Gasteiger partial charge < -0.3 is 9.64 Å². The van der Waals surface area contributed by atoms with E-state index in [1.165, 1.54) is 33.5 Å². The van der Waals surface area contributed by atoms with Crippen LogP contribution in [0.5, 0.6) is 0 Å². The van der Waals surface area contributed by atoms with E-state index in [4.69, 9.17) is 4.74 Å². The van der Waals surface area contributed by atoms with Crippen molar-refractivity contribution in [2.75, 3.05) is 20.2 Å². The van der Waals surface area contributed by atoms with Crippen molar-refractivity contribution in [3.63, 3.8) is 0 Å². The van der Waals surface area contributed by atoms with Crippen molar-refractivity contribution in [2.45, 2.75) is 50.6 Å². The third-order valence-electron chi connectivity index (χ3n) is 5.86. The fourth-order valence-corrected chi connectivity index (χ4v) is 5.54. The van der Waals surface area contributed by atoms with Crippen LogP contribution < -0.4 is 0 Å². The van der Waals surface area contributed by atoms with Crippen molar-refractivity contribution in [1.82, 2.24) is 9.21 Å². The quantitative estimate of drug-likeness (QED) is 0.571. The number of aryl methyl sites for hydroxylation is 1. The summed E-state index contributed by atoms with van der Waals surface area (Å²) in [4.78, 5) is 26.4. The van der Waals surface area contributed by atoms with Crippen LogP contribution in [-0.4, -0.2) is 55.7 Å². The molecule has 0 aromatic heterocycles. The van der Waals surface area contributed by atoms with E-state index in [0.717, 1.165) is 24.8 Å². The first-order chi connectivity index (χ1) is 15.6. The van der Waals surface area contributed by atoms with E-state index >= 15 is 0 Å². The fourth-order valence-electron chi connectivity index (χ4n) is 3.81. The van der Waals surface area contributed by atoms with Crippen LogP contribution in [0.1, 0.15) is 47.7 Å². The van der Waals surface area contributed by atoms with Gasteiger partial charge in [-0.1, -0.05) is 24.6 Å². The summed E-state index contributed by atoms with van der Waals surface area (Å²) < 4.78 is 45.9. The van der Waals surface area contributed by atoms with Gasteiger partial charge in [0.15, 0.2) is 6.61 Å². The van der Waals surface area contributed by atoms with Crippen LogP contribution in [0, 0.1) is 12.7 Å². The van der Waals surface area contributed by atoms with Crippen molar-refractivity contribution in [3.05, 3.63) is 65.0 Å². The van der Waals surface area contributed by atoms with Gasteiger partial charge in [0.2, 0.25) is 10.0 Å². The van der Waals surface area contributed by atoms with E-state index in [1.807, 2.05) is 6.92 Å². The topological polar surface area (TPSA) is 84.0 Å². The molecular formula is C24H29FN2O5S. The Hall–Kier alpha value is -2.78. The minimum Gasteiger partial charge on any atom is -0.452 e. The Morgan fingerprint density at radius 3 is 2.52 bits per heavy atom. The number of amides is 1. The number of hydrogen-bond donors (Lipinski definition) is 0. The second-order valence-corrected chi connectivity index (χ2v) is 10.3. The van der Waals surface area contributed by atoms with E-state index in [2.05, 4.69) is 0 Å². The first kappa shape index (κ1) is 24.9. The van der Waals surface area contributed by atoms with Crippen molar-refractivity contribution in [2.24, 2.45) is 0 Å². The van der Waals surface area contributed by atoms with Gasteiger partial charge in [-0.3, -0.25) is 4.79 Å². The summed E-state index contributed by atoms with van der Waals surface area (Å²) in [5.74, 6) is -1.56. The number of esters is 1. The molecule has 0 radical (unpaired) electrons. The molecule has 1 atom stereocenters. The zero-order valence-corrected chi connectivity index (χ0v) is 19.9. The highest BCUT2D eigenvalue weighted by atomic mass is 32.2. The number of ether oxygens (including phenoxy) is 1. The molecule has 2 aromatic carbocycles. The van der Waals surface area contributed by atoms with Crippen molar-refractivity contribution >= 4 is 21.9 Å². The predicted octanol–water partition coefficient (Wildman–Crippen LogP) is 3.51. The molecule has 178 valence electrons. The largest absolute Gasteiger partial charge is 0.452 e. The van der Waals surface area contributed by atoms with E-state index in [-0.39, 0.29) is 28.9 Å². The lowest BCUT2D eigenvalue weighted by atomic mass is 10.1. The maximum absolute atomic E-state index is 13.1. The first-order valence-corrected chi connectivity index (χ1v) is 12.3. The number of nitrogens with zero attached hydrogens (tertiary/aromatic N) is 2. The van der Waals surface area contributed by atoms with Crippen LogP contribution in [-0.2, 0) is 26.1 Å². The van der Waals surface area contributed by atoms with Gasteiger partial charge in [0, 0.05) is 26.2 Å². The summed E-state index contributed by atoms with van der Waals surface area (Å²) >= 11 is 0. The molecule has 7 nitrogen and oxygen atoms in total. The SMILES string of the molecule is Cc1ccc(S(=O)(=O)N2CCCCC2C)cc1C(=O)OCC(=O)N(C)Cc1ccc(F)cc1. The van der Waals surface area contributed by atoms with Crippen LogP contribution in [0.4, 0.5) is 4.39 Å². The Labute approximate surface area is 194 Å². The molecule has 2 aromatic rings. The standard InChI is InChI=1S/C24H29FN2O5S/c1-17-7-12-21(33(30,31)27-13-5-4-6-18(27)2)14-22(17)24(29)32-16-23(28)26(3)15-19-8-10-20(25)11-9-19/h7-12,14,18H,4-6,13,15-16H2,1-3H3. The smallest absolute Gasteiger partial charge is 0.338 e. The zero-order chi connectivity index (χ0) is 24.2. The molecule has 1 unspecified atom stereocenters. The van der Waals surface area contributed by atoms with Gasteiger partial charge >= 0.3 is 5.97 Å². The van der Waals surface area contributed by atoms with Gasteiger partial charge in [-0.05, 0) is 62.1 Å². The molecule has 1 saturated heterocycles. The molecule has 9 heteroatoms. The van der Waals surface area contributed by atoms with Crippen LogP contribution in [0.25, 0.3) is 0 Å². The Kier molecular flexibility index (Phi) is 7.86. The summed E-state index contributed by atoms with van der Waals surface area (Å²) in [6.45, 7) is 3.76.